The number of halogens is 6. The van der Waals surface area contributed by atoms with Gasteiger partial charge >= 0.3 is 103 Å². The quantitative estimate of drug-likeness (QED) is 0.0630. The van der Waals surface area contributed by atoms with Crippen molar-refractivity contribution in [3.05, 3.63) is 182 Å². The maximum absolute atomic E-state index is 13.8. The van der Waals surface area contributed by atoms with E-state index in [2.05, 4.69) is 4.52 Å². The van der Waals surface area contributed by atoms with Crippen molar-refractivity contribution in [2.75, 3.05) is 0 Å². The summed E-state index contributed by atoms with van der Waals surface area (Å²) in [5.41, 5.74) is -11.7. The van der Waals surface area contributed by atoms with Crippen LogP contribution in [0.4, 0.5) is 26.3 Å². The molecule has 0 aromatic heterocycles. The Bertz CT molecular complexity index is 2100. The van der Waals surface area contributed by atoms with Gasteiger partial charge in [0.25, 0.3) is 0 Å². The molecule has 0 atom stereocenters. The fraction of sp³-hybridized carbons (Fsp3) is 0.0526. The van der Waals surface area contributed by atoms with Gasteiger partial charge in [0.15, 0.2) is 14.3 Å². The van der Waals surface area contributed by atoms with Crippen LogP contribution in [0.1, 0.15) is 0 Å². The first-order valence-electron chi connectivity index (χ1n) is 16.1. The molecule has 0 heterocycles. The third kappa shape index (κ3) is 11.6. The zero-order valence-electron chi connectivity index (χ0n) is 29.0. The fourth-order valence-electron chi connectivity index (χ4n) is 4.90. The SMILES string of the molecule is O=P(c1ccccc1)(c1ccccc1)c1ccccc1.O=P(c1ccccc1)(c1ccccc1)c1ccccc1.O=S(=O)([O][Bi+][O]S(=O)(=O)C(F)(F)F)C(F)(F)F. The average molecular weight is 1060 g/mol. The molecule has 19 heteroatoms. The topological polar surface area (TPSA) is 121 Å². The van der Waals surface area contributed by atoms with Crippen molar-refractivity contribution in [2.24, 2.45) is 0 Å². The molecule has 8 nitrogen and oxygen atoms in total. The summed E-state index contributed by atoms with van der Waals surface area (Å²) in [4.78, 5) is 0. The molecule has 0 unspecified atom stereocenters. The van der Waals surface area contributed by atoms with E-state index in [0.717, 1.165) is 31.8 Å². The molecule has 0 bridgehead atoms. The summed E-state index contributed by atoms with van der Waals surface area (Å²) >= 11 is -3.96. The summed E-state index contributed by atoms with van der Waals surface area (Å²) in [6.45, 7) is 0. The van der Waals surface area contributed by atoms with Crippen molar-refractivity contribution >= 4 is 90.5 Å². The van der Waals surface area contributed by atoms with E-state index in [9.17, 15) is 52.3 Å². The average Bonchev–Trinajstić information content (AvgIpc) is 3.22. The van der Waals surface area contributed by atoms with Crippen LogP contribution in [0.5, 0.6) is 0 Å². The molecule has 2 radical (unpaired) electrons. The van der Waals surface area contributed by atoms with E-state index in [0.29, 0.717) is 0 Å². The number of hydrogen-bond donors (Lipinski definition) is 0. The molecule has 0 spiro atoms. The Balaban J connectivity index is 0.000000191. The summed E-state index contributed by atoms with van der Waals surface area (Å²) in [7, 11) is -17.8. The zero-order valence-corrected chi connectivity index (χ0v) is 35.9. The molecule has 0 amide bonds. The Kier molecular flexibility index (Phi) is 15.8. The standard InChI is InChI=1S/2C18H15OP.2CHF3O3S.Bi/c2*19-20(16-10-4-1-5-11-16,17-12-6-2-7-13-17)18-14-8-3-9-15-18;2*2-1(3,4)8(5,6)7;/h2*1-15H;2*(H,5,6,7);/q;;;;+3/p-2. The molecule has 0 saturated heterocycles. The van der Waals surface area contributed by atoms with Crippen LogP contribution in [0.25, 0.3) is 0 Å². The van der Waals surface area contributed by atoms with Crippen molar-refractivity contribution in [3.63, 3.8) is 0 Å². The molecule has 6 aromatic rings. The molecule has 0 aliphatic carbocycles. The van der Waals surface area contributed by atoms with E-state index in [1.807, 2.05) is 182 Å². The van der Waals surface area contributed by atoms with Gasteiger partial charge in [-0.3, -0.25) is 0 Å². The Morgan fingerprint density at radius 1 is 0.351 bits per heavy atom. The molecular weight excluding hydrogens is 1030 g/mol. The van der Waals surface area contributed by atoms with Gasteiger partial charge in [-0.25, -0.2) is 0 Å². The first-order chi connectivity index (χ1) is 26.8. The molecule has 6 aromatic carbocycles. The second-order valence-corrected chi connectivity index (χ2v) is 23.9. The van der Waals surface area contributed by atoms with Gasteiger partial charge in [-0.1, -0.05) is 182 Å². The molecule has 57 heavy (non-hydrogen) atoms. The molecule has 0 aliphatic heterocycles. The third-order valence-electron chi connectivity index (χ3n) is 7.54. The Hall–Kier alpha value is -3.94. The van der Waals surface area contributed by atoms with Crippen molar-refractivity contribution < 1.29 is 56.8 Å². The molecular formula is C38H30BiF6O8P2S2+. The summed E-state index contributed by atoms with van der Waals surface area (Å²) < 4.78 is 144. The van der Waals surface area contributed by atoms with E-state index < -0.39 is 69.7 Å². The van der Waals surface area contributed by atoms with Crippen molar-refractivity contribution in [2.45, 2.75) is 11.0 Å². The van der Waals surface area contributed by atoms with Crippen LogP contribution in [-0.2, 0) is 33.9 Å². The van der Waals surface area contributed by atoms with E-state index in [1.54, 1.807) is 0 Å². The normalized spacial score (nSPS) is 12.3. The minimum atomic E-state index is -6.14. The monoisotopic (exact) mass is 1060 g/mol. The second kappa shape index (κ2) is 19.7. The summed E-state index contributed by atoms with van der Waals surface area (Å²) in [6.07, 6.45) is 0. The van der Waals surface area contributed by atoms with Gasteiger partial charge in [-0.05, 0) is 0 Å². The Morgan fingerprint density at radius 3 is 0.649 bits per heavy atom. The number of benzene rings is 6. The van der Waals surface area contributed by atoms with Gasteiger partial charge in [-0.15, -0.1) is 0 Å². The first-order valence-corrected chi connectivity index (χ1v) is 25.1. The summed E-state index contributed by atoms with van der Waals surface area (Å²) in [5.74, 6) is 0. The molecule has 0 N–H and O–H groups in total. The Labute approximate surface area is 338 Å². The van der Waals surface area contributed by atoms with Crippen LogP contribution in [0.15, 0.2) is 182 Å². The molecule has 0 saturated carbocycles. The van der Waals surface area contributed by atoms with Gasteiger partial charge in [-0.2, -0.15) is 0 Å². The zero-order chi connectivity index (χ0) is 41.8. The maximum atomic E-state index is 13.8. The van der Waals surface area contributed by atoms with Crippen LogP contribution in [0.3, 0.4) is 0 Å². The fourth-order valence-corrected chi connectivity index (χ4v) is 15.4. The van der Waals surface area contributed by atoms with E-state index in [-0.39, 0.29) is 0 Å². The Morgan fingerprint density at radius 2 is 0.509 bits per heavy atom. The molecule has 0 fully saturated rings. The summed E-state index contributed by atoms with van der Waals surface area (Å²) in [6, 6.07) is 58.3. The van der Waals surface area contributed by atoms with Gasteiger partial charge in [0.2, 0.25) is 0 Å². The van der Waals surface area contributed by atoms with E-state index in [1.165, 1.54) is 0 Å². The molecule has 0 aliphatic rings. The van der Waals surface area contributed by atoms with Crippen LogP contribution in [-0.4, -0.2) is 52.0 Å². The van der Waals surface area contributed by atoms with Crippen LogP contribution >= 0.6 is 14.3 Å². The van der Waals surface area contributed by atoms with Gasteiger partial charge in [0.05, 0.1) is 0 Å². The van der Waals surface area contributed by atoms with Crippen molar-refractivity contribution in [3.8, 4) is 0 Å². The van der Waals surface area contributed by atoms with E-state index in [4.69, 9.17) is 0 Å². The minimum absolute atomic E-state index is 0.873. The molecule has 6 rings (SSSR count). The van der Waals surface area contributed by atoms with Crippen LogP contribution in [0, 0.1) is 0 Å². The van der Waals surface area contributed by atoms with Crippen LogP contribution < -0.4 is 31.8 Å². The summed E-state index contributed by atoms with van der Waals surface area (Å²) in [5, 5.41) is 5.24. The van der Waals surface area contributed by atoms with Crippen LogP contribution in [0.2, 0.25) is 0 Å². The number of alkyl halides is 6. The van der Waals surface area contributed by atoms with Crippen molar-refractivity contribution in [1.29, 1.82) is 0 Å². The van der Waals surface area contributed by atoms with Crippen molar-refractivity contribution in [1.82, 2.24) is 0 Å². The van der Waals surface area contributed by atoms with E-state index >= 15 is 0 Å². The van der Waals surface area contributed by atoms with Gasteiger partial charge in [0.1, 0.15) is 0 Å². The first kappa shape index (κ1) is 45.8. The number of rotatable bonds is 10. The third-order valence-corrected chi connectivity index (χ3v) is 21.3. The number of hydrogen-bond acceptors (Lipinski definition) is 8. The molecule has 298 valence electrons. The van der Waals surface area contributed by atoms with Gasteiger partial charge < -0.3 is 9.13 Å². The second-order valence-electron chi connectivity index (χ2n) is 11.3. The predicted molar refractivity (Wildman–Crippen MR) is 210 cm³/mol. The van der Waals surface area contributed by atoms with Gasteiger partial charge in [0, 0.05) is 31.8 Å². The predicted octanol–water partition coefficient (Wildman–Crippen LogP) is 6.91.